The van der Waals surface area contributed by atoms with Crippen molar-refractivity contribution in [2.75, 3.05) is 0 Å². The fourth-order valence-corrected chi connectivity index (χ4v) is 2.64. The highest BCUT2D eigenvalue weighted by Gasteiger charge is 2.12. The van der Waals surface area contributed by atoms with Gasteiger partial charge in [0, 0.05) is 36.8 Å². The van der Waals surface area contributed by atoms with Crippen LogP contribution in [0.5, 0.6) is 0 Å². The van der Waals surface area contributed by atoms with Crippen LogP contribution in [0, 0.1) is 0 Å². The van der Waals surface area contributed by atoms with E-state index in [0.29, 0.717) is 24.6 Å². The Labute approximate surface area is 152 Å². The van der Waals surface area contributed by atoms with Gasteiger partial charge in [0.15, 0.2) is 0 Å². The summed E-state index contributed by atoms with van der Waals surface area (Å²) in [5.74, 6) is 0.937. The molecule has 0 aliphatic heterocycles. The molecule has 1 aromatic carbocycles. The molecule has 0 radical (unpaired) electrons. The molecular formula is C20H22N4O2. The average Bonchev–Trinajstić information content (AvgIpc) is 3.15. The van der Waals surface area contributed by atoms with E-state index in [-0.39, 0.29) is 11.9 Å². The molecule has 0 aliphatic carbocycles. The number of hydrogen-bond donors (Lipinski definition) is 1. The summed E-state index contributed by atoms with van der Waals surface area (Å²) in [6.07, 6.45) is 5.96. The van der Waals surface area contributed by atoms with Crippen molar-refractivity contribution in [3.63, 3.8) is 0 Å². The summed E-state index contributed by atoms with van der Waals surface area (Å²) < 4.78 is 5.21. The number of carbonyl (C=O) groups excluding carboxylic acids is 1. The van der Waals surface area contributed by atoms with Crippen LogP contribution in [0.25, 0.3) is 11.4 Å². The Morgan fingerprint density at radius 2 is 2.00 bits per heavy atom. The second-order valence-electron chi connectivity index (χ2n) is 6.25. The van der Waals surface area contributed by atoms with Gasteiger partial charge in [0.2, 0.25) is 17.6 Å². The first-order valence-electron chi connectivity index (χ1n) is 8.77. The topological polar surface area (TPSA) is 80.9 Å². The molecule has 6 heteroatoms. The van der Waals surface area contributed by atoms with Gasteiger partial charge in [-0.25, -0.2) is 0 Å². The molecule has 0 spiro atoms. The van der Waals surface area contributed by atoms with Gasteiger partial charge < -0.3 is 9.84 Å². The fraction of sp³-hybridized carbons (Fsp3) is 0.300. The van der Waals surface area contributed by atoms with Crippen LogP contribution in [0.1, 0.15) is 31.2 Å². The first-order valence-corrected chi connectivity index (χ1v) is 8.77. The van der Waals surface area contributed by atoms with E-state index < -0.39 is 0 Å². The van der Waals surface area contributed by atoms with Crippen molar-refractivity contribution >= 4 is 5.91 Å². The highest BCUT2D eigenvalue weighted by atomic mass is 16.5. The third-order valence-corrected chi connectivity index (χ3v) is 4.07. The number of pyridine rings is 1. The molecule has 3 rings (SSSR count). The number of nitrogens with zero attached hydrogens (tertiary/aromatic N) is 3. The zero-order valence-corrected chi connectivity index (χ0v) is 14.8. The van der Waals surface area contributed by atoms with E-state index >= 15 is 0 Å². The summed E-state index contributed by atoms with van der Waals surface area (Å²) in [7, 11) is 0. The number of aromatic nitrogens is 3. The van der Waals surface area contributed by atoms with Crippen LogP contribution in [-0.4, -0.2) is 27.1 Å². The minimum atomic E-state index is -0.00769. The van der Waals surface area contributed by atoms with Crippen LogP contribution < -0.4 is 5.32 Å². The zero-order valence-electron chi connectivity index (χ0n) is 14.8. The lowest BCUT2D eigenvalue weighted by Crippen LogP contribution is -2.33. The van der Waals surface area contributed by atoms with Gasteiger partial charge >= 0.3 is 0 Å². The van der Waals surface area contributed by atoms with Crippen molar-refractivity contribution in [1.29, 1.82) is 0 Å². The van der Waals surface area contributed by atoms with Gasteiger partial charge in [0.25, 0.3) is 0 Å². The van der Waals surface area contributed by atoms with Crippen molar-refractivity contribution in [2.45, 2.75) is 38.6 Å². The molecule has 3 aromatic rings. The number of rotatable bonds is 8. The maximum atomic E-state index is 12.1. The van der Waals surface area contributed by atoms with Crippen molar-refractivity contribution in [3.8, 4) is 11.4 Å². The van der Waals surface area contributed by atoms with Crippen molar-refractivity contribution in [1.82, 2.24) is 20.4 Å². The number of aryl methyl sites for hydroxylation is 2. The van der Waals surface area contributed by atoms with Crippen LogP contribution in [-0.2, 0) is 17.6 Å². The molecule has 134 valence electrons. The Morgan fingerprint density at radius 3 is 2.77 bits per heavy atom. The largest absolute Gasteiger partial charge is 0.354 e. The Morgan fingerprint density at radius 1 is 1.15 bits per heavy atom. The van der Waals surface area contributed by atoms with Gasteiger partial charge in [-0.05, 0) is 37.5 Å². The van der Waals surface area contributed by atoms with Crippen LogP contribution in [0.2, 0.25) is 0 Å². The third kappa shape index (κ3) is 5.24. The number of carbonyl (C=O) groups is 1. The van der Waals surface area contributed by atoms with Gasteiger partial charge in [-0.2, -0.15) is 4.98 Å². The summed E-state index contributed by atoms with van der Waals surface area (Å²) in [6, 6.07) is 14.1. The molecule has 0 saturated carbocycles. The maximum Gasteiger partial charge on any atom is 0.227 e. The summed E-state index contributed by atoms with van der Waals surface area (Å²) in [5, 5.41) is 6.95. The van der Waals surface area contributed by atoms with Crippen molar-refractivity contribution in [2.24, 2.45) is 0 Å². The van der Waals surface area contributed by atoms with E-state index in [1.54, 1.807) is 12.4 Å². The molecular weight excluding hydrogens is 328 g/mol. The summed E-state index contributed by atoms with van der Waals surface area (Å²) in [6.45, 7) is 2.02. The second-order valence-corrected chi connectivity index (χ2v) is 6.25. The number of benzene rings is 1. The van der Waals surface area contributed by atoms with E-state index in [4.69, 9.17) is 4.52 Å². The minimum Gasteiger partial charge on any atom is -0.354 e. The van der Waals surface area contributed by atoms with Crippen LogP contribution >= 0.6 is 0 Å². The molecule has 0 saturated heterocycles. The standard InChI is InChI=1S/C20H22N4O2/c1-15(9-10-16-6-3-2-4-7-16)22-18(25)11-12-19-23-20(24-26-19)17-8-5-13-21-14-17/h2-8,13-15H,9-12H2,1H3,(H,22,25)/t15-/m1/s1. The summed E-state index contributed by atoms with van der Waals surface area (Å²) >= 11 is 0. The first kappa shape index (κ1) is 17.8. The molecule has 6 nitrogen and oxygen atoms in total. The maximum absolute atomic E-state index is 12.1. The van der Waals surface area contributed by atoms with Crippen LogP contribution in [0.4, 0.5) is 0 Å². The molecule has 1 atom stereocenters. The molecule has 0 fully saturated rings. The smallest absolute Gasteiger partial charge is 0.227 e. The first-order chi connectivity index (χ1) is 12.7. The highest BCUT2D eigenvalue weighted by molar-refractivity contribution is 5.76. The molecule has 2 aromatic heterocycles. The molecule has 26 heavy (non-hydrogen) atoms. The molecule has 0 bridgehead atoms. The SMILES string of the molecule is C[C@H](CCc1ccccc1)NC(=O)CCc1nc(-c2cccnc2)no1. The molecule has 2 heterocycles. The van der Waals surface area contributed by atoms with Crippen LogP contribution in [0.3, 0.4) is 0 Å². The lowest BCUT2D eigenvalue weighted by molar-refractivity contribution is -0.121. The highest BCUT2D eigenvalue weighted by Crippen LogP contribution is 2.14. The predicted molar refractivity (Wildman–Crippen MR) is 98.2 cm³/mol. The van der Waals surface area contributed by atoms with Gasteiger partial charge in [0.05, 0.1) is 0 Å². The molecule has 0 aliphatic rings. The Kier molecular flexibility index (Phi) is 6.09. The van der Waals surface area contributed by atoms with E-state index in [0.717, 1.165) is 18.4 Å². The average molecular weight is 350 g/mol. The van der Waals surface area contributed by atoms with E-state index in [2.05, 4.69) is 32.6 Å². The van der Waals surface area contributed by atoms with Crippen molar-refractivity contribution in [3.05, 3.63) is 66.3 Å². The Balaban J connectivity index is 1.42. The fourth-order valence-electron chi connectivity index (χ4n) is 2.64. The molecule has 1 amide bonds. The Hall–Kier alpha value is -3.02. The normalized spacial score (nSPS) is 11.9. The second kappa shape index (κ2) is 8.89. The van der Waals surface area contributed by atoms with Crippen LogP contribution in [0.15, 0.2) is 59.4 Å². The number of hydrogen-bond acceptors (Lipinski definition) is 5. The number of nitrogens with one attached hydrogen (secondary N) is 1. The van der Waals surface area contributed by atoms with Crippen molar-refractivity contribution < 1.29 is 9.32 Å². The number of amides is 1. The van der Waals surface area contributed by atoms with Gasteiger partial charge in [-0.1, -0.05) is 35.5 Å². The minimum absolute atomic E-state index is 0.00769. The molecule has 0 unspecified atom stereocenters. The molecule has 1 N–H and O–H groups in total. The Bertz CT molecular complexity index is 818. The third-order valence-electron chi connectivity index (χ3n) is 4.07. The predicted octanol–water partition coefficient (Wildman–Crippen LogP) is 3.20. The monoisotopic (exact) mass is 350 g/mol. The van der Waals surface area contributed by atoms with E-state index in [9.17, 15) is 4.79 Å². The zero-order chi connectivity index (χ0) is 18.2. The van der Waals surface area contributed by atoms with E-state index in [1.165, 1.54) is 5.56 Å². The van der Waals surface area contributed by atoms with Gasteiger partial charge in [-0.3, -0.25) is 9.78 Å². The summed E-state index contributed by atoms with van der Waals surface area (Å²) in [4.78, 5) is 20.4. The quantitative estimate of drug-likeness (QED) is 0.675. The lowest BCUT2D eigenvalue weighted by Gasteiger charge is -2.13. The lowest BCUT2D eigenvalue weighted by atomic mass is 10.1. The summed E-state index contributed by atoms with van der Waals surface area (Å²) in [5.41, 5.74) is 2.07. The van der Waals surface area contributed by atoms with Gasteiger partial charge in [-0.15, -0.1) is 0 Å². The van der Waals surface area contributed by atoms with E-state index in [1.807, 2.05) is 37.3 Å². The van der Waals surface area contributed by atoms with Gasteiger partial charge in [0.1, 0.15) is 0 Å².